The molecule has 4 aliphatic carbocycles. The normalized spacial score (nSPS) is 47.3. The first-order valence-electron chi connectivity index (χ1n) is 8.24. The van der Waals surface area contributed by atoms with Gasteiger partial charge in [0.15, 0.2) is 0 Å². The van der Waals surface area contributed by atoms with E-state index < -0.39 is 0 Å². The van der Waals surface area contributed by atoms with Crippen molar-refractivity contribution in [2.45, 2.75) is 71.8 Å². The molecule has 4 bridgehead atoms. The van der Waals surface area contributed by atoms with Crippen LogP contribution in [0.15, 0.2) is 0 Å². The standard InChI is InChI=1S/C17H29NO2/c1-4-13(8-19)18-14(20)17-7-12-5-15(2,10-17)9-16(3,6-12)11-17/h12-13,19H,4-11H2,1-3H3,(H,18,20). The van der Waals surface area contributed by atoms with Crippen molar-refractivity contribution in [1.82, 2.24) is 5.32 Å². The van der Waals surface area contributed by atoms with Crippen molar-refractivity contribution in [2.75, 3.05) is 6.61 Å². The number of carbonyl (C=O) groups excluding carboxylic acids is 1. The highest BCUT2D eigenvalue weighted by Crippen LogP contribution is 2.69. The Morgan fingerprint density at radius 1 is 1.20 bits per heavy atom. The number of carbonyl (C=O) groups is 1. The van der Waals surface area contributed by atoms with Gasteiger partial charge < -0.3 is 10.4 Å². The SMILES string of the molecule is CCC(CO)NC(=O)C12CC3CC(C)(CC(C)(C3)C1)C2. The van der Waals surface area contributed by atoms with Crippen LogP contribution in [0.4, 0.5) is 0 Å². The summed E-state index contributed by atoms with van der Waals surface area (Å²) in [5.41, 5.74) is 0.588. The number of aliphatic hydroxyl groups is 1. The first-order valence-corrected chi connectivity index (χ1v) is 8.24. The van der Waals surface area contributed by atoms with Gasteiger partial charge in [0.2, 0.25) is 5.91 Å². The zero-order chi connectivity index (χ0) is 14.6. The average molecular weight is 279 g/mol. The highest BCUT2D eigenvalue weighted by molar-refractivity contribution is 5.83. The molecule has 4 aliphatic rings. The summed E-state index contributed by atoms with van der Waals surface area (Å²) in [4.78, 5) is 12.9. The topological polar surface area (TPSA) is 49.3 Å². The highest BCUT2D eigenvalue weighted by atomic mass is 16.3. The summed E-state index contributed by atoms with van der Waals surface area (Å²) in [5, 5.41) is 12.5. The van der Waals surface area contributed by atoms with Gasteiger partial charge in [-0.25, -0.2) is 0 Å². The van der Waals surface area contributed by atoms with Crippen molar-refractivity contribution in [3.63, 3.8) is 0 Å². The van der Waals surface area contributed by atoms with Crippen LogP contribution in [-0.2, 0) is 4.79 Å². The number of hydrogen-bond acceptors (Lipinski definition) is 2. The minimum absolute atomic E-state index is 0.0519. The Balaban J connectivity index is 1.83. The van der Waals surface area contributed by atoms with Gasteiger partial charge in [-0.3, -0.25) is 4.79 Å². The maximum atomic E-state index is 12.9. The first-order chi connectivity index (χ1) is 9.32. The molecule has 3 heteroatoms. The zero-order valence-corrected chi connectivity index (χ0v) is 13.2. The molecule has 20 heavy (non-hydrogen) atoms. The number of aliphatic hydroxyl groups excluding tert-OH is 1. The monoisotopic (exact) mass is 279 g/mol. The third kappa shape index (κ3) is 2.18. The van der Waals surface area contributed by atoms with Crippen molar-refractivity contribution in [3.8, 4) is 0 Å². The Labute approximate surface area is 122 Å². The molecule has 3 unspecified atom stereocenters. The van der Waals surface area contributed by atoms with E-state index in [1.54, 1.807) is 0 Å². The number of nitrogens with one attached hydrogen (secondary N) is 1. The van der Waals surface area contributed by atoms with Crippen LogP contribution in [0.2, 0.25) is 0 Å². The Morgan fingerprint density at radius 2 is 1.80 bits per heavy atom. The molecule has 1 amide bonds. The molecule has 0 saturated heterocycles. The van der Waals surface area contributed by atoms with Gasteiger partial charge in [0.1, 0.15) is 0 Å². The minimum Gasteiger partial charge on any atom is -0.394 e. The van der Waals surface area contributed by atoms with E-state index in [1.807, 2.05) is 6.92 Å². The van der Waals surface area contributed by atoms with Crippen molar-refractivity contribution in [1.29, 1.82) is 0 Å². The lowest BCUT2D eigenvalue weighted by atomic mass is 9.40. The summed E-state index contributed by atoms with van der Waals surface area (Å²) < 4.78 is 0. The summed E-state index contributed by atoms with van der Waals surface area (Å²) in [7, 11) is 0. The lowest BCUT2D eigenvalue weighted by molar-refractivity contribution is -0.171. The molecule has 0 aromatic heterocycles. The van der Waals surface area contributed by atoms with Crippen molar-refractivity contribution >= 4 is 5.91 Å². The number of amides is 1. The molecule has 0 aromatic rings. The van der Waals surface area contributed by atoms with Crippen LogP contribution in [-0.4, -0.2) is 23.7 Å². The molecule has 3 nitrogen and oxygen atoms in total. The van der Waals surface area contributed by atoms with Crippen LogP contribution in [0.25, 0.3) is 0 Å². The van der Waals surface area contributed by atoms with Crippen molar-refractivity contribution < 1.29 is 9.90 Å². The largest absolute Gasteiger partial charge is 0.394 e. The van der Waals surface area contributed by atoms with E-state index in [9.17, 15) is 9.90 Å². The second-order valence-electron chi connectivity index (χ2n) is 8.67. The maximum absolute atomic E-state index is 12.9. The quantitative estimate of drug-likeness (QED) is 0.831. The fourth-order valence-corrected chi connectivity index (χ4v) is 6.32. The first kappa shape index (κ1) is 14.4. The molecule has 0 radical (unpaired) electrons. The van der Waals surface area contributed by atoms with E-state index in [2.05, 4.69) is 19.2 Å². The second kappa shape index (κ2) is 4.46. The average Bonchev–Trinajstić information content (AvgIpc) is 2.31. The zero-order valence-electron chi connectivity index (χ0n) is 13.2. The van der Waals surface area contributed by atoms with Crippen LogP contribution in [0.5, 0.6) is 0 Å². The van der Waals surface area contributed by atoms with Crippen LogP contribution in [0, 0.1) is 22.2 Å². The van der Waals surface area contributed by atoms with Gasteiger partial charge in [0.25, 0.3) is 0 Å². The van der Waals surface area contributed by atoms with Crippen LogP contribution >= 0.6 is 0 Å². The van der Waals surface area contributed by atoms with E-state index in [0.717, 1.165) is 31.6 Å². The Bertz CT molecular complexity index is 397. The van der Waals surface area contributed by atoms with Gasteiger partial charge in [0.05, 0.1) is 18.1 Å². The van der Waals surface area contributed by atoms with E-state index in [0.29, 0.717) is 10.8 Å². The molecule has 0 aromatic carbocycles. The fourth-order valence-electron chi connectivity index (χ4n) is 6.32. The molecule has 4 saturated carbocycles. The van der Waals surface area contributed by atoms with Crippen molar-refractivity contribution in [2.24, 2.45) is 22.2 Å². The van der Waals surface area contributed by atoms with Gasteiger partial charge in [-0.1, -0.05) is 20.8 Å². The third-order valence-electron chi connectivity index (χ3n) is 6.16. The predicted octanol–water partition coefficient (Wildman–Crippen LogP) is 2.87. The molecule has 4 rings (SSSR count). The summed E-state index contributed by atoms with van der Waals surface area (Å²) in [6, 6.07) is -0.0730. The maximum Gasteiger partial charge on any atom is 0.226 e. The van der Waals surface area contributed by atoms with Crippen LogP contribution in [0.3, 0.4) is 0 Å². The molecule has 0 aliphatic heterocycles. The molecule has 3 atom stereocenters. The summed E-state index contributed by atoms with van der Waals surface area (Å²) in [5.74, 6) is 0.959. The van der Waals surface area contributed by atoms with E-state index >= 15 is 0 Å². The van der Waals surface area contributed by atoms with E-state index in [4.69, 9.17) is 0 Å². The molecule has 0 heterocycles. The predicted molar refractivity (Wildman–Crippen MR) is 79.1 cm³/mol. The molecular weight excluding hydrogens is 250 g/mol. The van der Waals surface area contributed by atoms with Crippen molar-refractivity contribution in [3.05, 3.63) is 0 Å². The summed E-state index contributed by atoms with van der Waals surface area (Å²) in [6.45, 7) is 6.85. The lowest BCUT2D eigenvalue weighted by Crippen LogP contribution is -2.60. The fraction of sp³-hybridized carbons (Fsp3) is 0.941. The third-order valence-corrected chi connectivity index (χ3v) is 6.16. The molecule has 4 fully saturated rings. The Kier molecular flexibility index (Phi) is 3.20. The van der Waals surface area contributed by atoms with Gasteiger partial charge in [-0.15, -0.1) is 0 Å². The smallest absolute Gasteiger partial charge is 0.226 e. The molecular formula is C17H29NO2. The molecule has 0 spiro atoms. The number of rotatable bonds is 4. The van der Waals surface area contributed by atoms with Crippen LogP contribution in [0.1, 0.15) is 65.7 Å². The number of hydrogen-bond donors (Lipinski definition) is 2. The minimum atomic E-state index is -0.147. The molecule has 2 N–H and O–H groups in total. The second-order valence-corrected chi connectivity index (χ2v) is 8.67. The van der Waals surface area contributed by atoms with Gasteiger partial charge in [-0.05, 0) is 61.7 Å². The van der Waals surface area contributed by atoms with E-state index in [-0.39, 0.29) is 24.0 Å². The lowest BCUT2D eigenvalue weighted by Gasteiger charge is -2.64. The summed E-state index contributed by atoms with van der Waals surface area (Å²) >= 11 is 0. The van der Waals surface area contributed by atoms with Gasteiger partial charge in [-0.2, -0.15) is 0 Å². The van der Waals surface area contributed by atoms with E-state index in [1.165, 1.54) is 19.3 Å². The van der Waals surface area contributed by atoms with Crippen LogP contribution < -0.4 is 5.32 Å². The Hall–Kier alpha value is -0.570. The van der Waals surface area contributed by atoms with Gasteiger partial charge in [0, 0.05) is 0 Å². The van der Waals surface area contributed by atoms with Gasteiger partial charge >= 0.3 is 0 Å². The highest BCUT2D eigenvalue weighted by Gasteiger charge is 2.62. The Morgan fingerprint density at radius 3 is 2.25 bits per heavy atom. The summed E-state index contributed by atoms with van der Waals surface area (Å²) in [6.07, 6.45) is 7.91. The molecule has 114 valence electrons.